The van der Waals surface area contributed by atoms with E-state index in [1.54, 1.807) is 18.0 Å². The van der Waals surface area contributed by atoms with Crippen LogP contribution in [0.15, 0.2) is 39.8 Å². The molecule has 2 rings (SSSR count). The van der Waals surface area contributed by atoms with Gasteiger partial charge < -0.3 is 9.73 Å². The van der Waals surface area contributed by atoms with Crippen molar-refractivity contribution >= 4 is 21.6 Å². The second-order valence-corrected chi connectivity index (χ2v) is 8.56. The number of sulfonamides is 1. The molecule has 0 aliphatic rings. The molecule has 0 saturated carbocycles. The van der Waals surface area contributed by atoms with Crippen molar-refractivity contribution < 1.29 is 17.6 Å². The summed E-state index contributed by atoms with van der Waals surface area (Å²) in [5, 5.41) is 2.79. The summed E-state index contributed by atoms with van der Waals surface area (Å²) in [5.41, 5.74) is 2.94. The number of carbonyl (C=O) groups excluding carboxylic acids is 1. The van der Waals surface area contributed by atoms with Gasteiger partial charge in [-0.25, -0.2) is 12.7 Å². The highest BCUT2D eigenvalue weighted by molar-refractivity contribution is 7.88. The standard InChI is InChI=1S/C18H25N3O4S/c1-13-7-6-8-16(14(13)2)19-17(22)12-21(5)11-15-9-10-18(25-15)26(23,24)20(3)4/h6-10H,11-12H2,1-5H3,(H,19,22). The van der Waals surface area contributed by atoms with Crippen LogP contribution in [0.25, 0.3) is 0 Å². The van der Waals surface area contributed by atoms with Crippen LogP contribution < -0.4 is 5.32 Å². The summed E-state index contributed by atoms with van der Waals surface area (Å²) in [6, 6.07) is 8.79. The third-order valence-corrected chi connectivity index (χ3v) is 5.78. The van der Waals surface area contributed by atoms with Crippen molar-refractivity contribution in [1.29, 1.82) is 0 Å². The lowest BCUT2D eigenvalue weighted by Crippen LogP contribution is -2.30. The van der Waals surface area contributed by atoms with Crippen LogP contribution in [-0.4, -0.2) is 51.2 Å². The summed E-state index contributed by atoms with van der Waals surface area (Å²) in [6.07, 6.45) is 0. The highest BCUT2D eigenvalue weighted by Gasteiger charge is 2.22. The van der Waals surface area contributed by atoms with Crippen LogP contribution in [0.1, 0.15) is 16.9 Å². The van der Waals surface area contributed by atoms with Gasteiger partial charge in [0.15, 0.2) is 0 Å². The fourth-order valence-corrected chi connectivity index (χ4v) is 3.22. The maximum Gasteiger partial charge on any atom is 0.275 e. The zero-order valence-electron chi connectivity index (χ0n) is 15.7. The number of likely N-dealkylation sites (N-methyl/N-ethyl adjacent to an activating group) is 1. The Morgan fingerprint density at radius 1 is 1.12 bits per heavy atom. The van der Waals surface area contributed by atoms with E-state index in [0.717, 1.165) is 21.1 Å². The van der Waals surface area contributed by atoms with Gasteiger partial charge in [0.2, 0.25) is 11.0 Å². The highest BCUT2D eigenvalue weighted by Crippen LogP contribution is 2.19. The van der Waals surface area contributed by atoms with Crippen LogP contribution in [0.5, 0.6) is 0 Å². The maximum absolute atomic E-state index is 12.2. The van der Waals surface area contributed by atoms with E-state index in [0.29, 0.717) is 12.3 Å². The highest BCUT2D eigenvalue weighted by atomic mass is 32.2. The van der Waals surface area contributed by atoms with Gasteiger partial charge in [-0.05, 0) is 50.2 Å². The summed E-state index contributed by atoms with van der Waals surface area (Å²) < 4.78 is 30.6. The summed E-state index contributed by atoms with van der Waals surface area (Å²) in [7, 11) is 1.06. The zero-order valence-corrected chi connectivity index (χ0v) is 16.6. The predicted molar refractivity (Wildman–Crippen MR) is 100 cm³/mol. The Labute approximate surface area is 154 Å². The number of nitrogens with zero attached hydrogens (tertiary/aromatic N) is 2. The van der Waals surface area contributed by atoms with Crippen LogP contribution in [0.2, 0.25) is 0 Å². The second-order valence-electron chi connectivity index (χ2n) is 6.48. The quantitative estimate of drug-likeness (QED) is 0.798. The smallest absolute Gasteiger partial charge is 0.275 e. The number of anilines is 1. The van der Waals surface area contributed by atoms with E-state index >= 15 is 0 Å². The molecule has 0 aliphatic carbocycles. The average molecular weight is 379 g/mol. The van der Waals surface area contributed by atoms with Crippen LogP contribution in [-0.2, 0) is 21.4 Å². The molecule has 7 nitrogen and oxygen atoms in total. The Kier molecular flexibility index (Phi) is 6.22. The normalized spacial score (nSPS) is 12.0. The average Bonchev–Trinajstić information content (AvgIpc) is 3.00. The lowest BCUT2D eigenvalue weighted by atomic mass is 10.1. The van der Waals surface area contributed by atoms with Gasteiger partial charge in [0.25, 0.3) is 10.0 Å². The molecule has 1 aromatic heterocycles. The number of hydrogen-bond donors (Lipinski definition) is 1. The molecule has 1 amide bonds. The molecule has 2 aromatic rings. The maximum atomic E-state index is 12.2. The fourth-order valence-electron chi connectivity index (χ4n) is 2.41. The van der Waals surface area contributed by atoms with Crippen LogP contribution in [0, 0.1) is 13.8 Å². The SMILES string of the molecule is Cc1cccc(NC(=O)CN(C)Cc2ccc(S(=O)(=O)N(C)C)o2)c1C. The Morgan fingerprint density at radius 2 is 1.81 bits per heavy atom. The number of nitrogens with one attached hydrogen (secondary N) is 1. The van der Waals surface area contributed by atoms with E-state index in [9.17, 15) is 13.2 Å². The molecular weight excluding hydrogens is 354 g/mol. The van der Waals surface area contributed by atoms with Gasteiger partial charge in [0, 0.05) is 19.8 Å². The molecule has 0 radical (unpaired) electrons. The van der Waals surface area contributed by atoms with E-state index in [-0.39, 0.29) is 17.5 Å². The minimum Gasteiger partial charge on any atom is -0.447 e. The third-order valence-electron chi connectivity index (χ3n) is 4.09. The van der Waals surface area contributed by atoms with Crippen molar-refractivity contribution in [2.75, 3.05) is 33.0 Å². The second kappa shape index (κ2) is 8.03. The van der Waals surface area contributed by atoms with Gasteiger partial charge in [-0.15, -0.1) is 0 Å². The molecule has 142 valence electrons. The molecule has 1 aromatic carbocycles. The lowest BCUT2D eigenvalue weighted by Gasteiger charge is -2.16. The molecule has 0 spiro atoms. The third kappa shape index (κ3) is 4.72. The predicted octanol–water partition coefficient (Wildman–Crippen LogP) is 2.22. The van der Waals surface area contributed by atoms with E-state index in [1.807, 2.05) is 32.0 Å². The number of furan rings is 1. The van der Waals surface area contributed by atoms with Crippen molar-refractivity contribution in [3.63, 3.8) is 0 Å². The summed E-state index contributed by atoms with van der Waals surface area (Å²) >= 11 is 0. The van der Waals surface area contributed by atoms with Gasteiger partial charge >= 0.3 is 0 Å². The number of carbonyl (C=O) groups is 1. The molecule has 1 heterocycles. The van der Waals surface area contributed by atoms with Crippen molar-refractivity contribution in [2.24, 2.45) is 0 Å². The van der Waals surface area contributed by atoms with Crippen molar-refractivity contribution in [3.8, 4) is 0 Å². The van der Waals surface area contributed by atoms with Crippen LogP contribution >= 0.6 is 0 Å². The van der Waals surface area contributed by atoms with Gasteiger partial charge in [-0.2, -0.15) is 0 Å². The number of amides is 1. The Hall–Kier alpha value is -2.16. The van der Waals surface area contributed by atoms with Gasteiger partial charge in [-0.3, -0.25) is 9.69 Å². The van der Waals surface area contributed by atoms with Crippen molar-refractivity contribution in [2.45, 2.75) is 25.5 Å². The Morgan fingerprint density at radius 3 is 2.46 bits per heavy atom. The molecular formula is C18H25N3O4S. The van der Waals surface area contributed by atoms with Crippen LogP contribution in [0.3, 0.4) is 0 Å². The molecule has 0 aliphatic heterocycles. The number of hydrogen-bond acceptors (Lipinski definition) is 5. The van der Waals surface area contributed by atoms with Gasteiger partial charge in [0.05, 0.1) is 13.1 Å². The molecule has 26 heavy (non-hydrogen) atoms. The van der Waals surface area contributed by atoms with Crippen molar-refractivity contribution in [1.82, 2.24) is 9.21 Å². The van der Waals surface area contributed by atoms with E-state index < -0.39 is 10.0 Å². The van der Waals surface area contributed by atoms with E-state index in [4.69, 9.17) is 4.42 Å². The monoisotopic (exact) mass is 379 g/mol. The molecule has 0 bridgehead atoms. The first-order chi connectivity index (χ1) is 12.1. The molecule has 1 N–H and O–H groups in total. The van der Waals surface area contributed by atoms with Gasteiger partial charge in [-0.1, -0.05) is 12.1 Å². The minimum absolute atomic E-state index is 0.106. The Balaban J connectivity index is 1.96. The summed E-state index contributed by atoms with van der Waals surface area (Å²) in [6.45, 7) is 4.44. The first-order valence-corrected chi connectivity index (χ1v) is 9.61. The summed E-state index contributed by atoms with van der Waals surface area (Å²) in [5.74, 6) is 0.335. The molecule has 0 fully saturated rings. The van der Waals surface area contributed by atoms with E-state index in [2.05, 4.69) is 5.32 Å². The minimum atomic E-state index is -3.60. The lowest BCUT2D eigenvalue weighted by molar-refractivity contribution is -0.117. The first kappa shape index (κ1) is 20.2. The van der Waals surface area contributed by atoms with Crippen LogP contribution in [0.4, 0.5) is 5.69 Å². The number of benzene rings is 1. The Bertz CT molecular complexity index is 888. The van der Waals surface area contributed by atoms with Crippen molar-refractivity contribution in [3.05, 3.63) is 47.2 Å². The topological polar surface area (TPSA) is 82.9 Å². The largest absolute Gasteiger partial charge is 0.447 e. The number of aryl methyl sites for hydroxylation is 1. The zero-order chi connectivity index (χ0) is 19.5. The molecule has 0 atom stereocenters. The number of rotatable bonds is 7. The summed E-state index contributed by atoms with van der Waals surface area (Å²) in [4.78, 5) is 14.0. The molecule has 0 saturated heterocycles. The van der Waals surface area contributed by atoms with Gasteiger partial charge in [0.1, 0.15) is 5.76 Å². The fraction of sp³-hybridized carbons (Fsp3) is 0.389. The first-order valence-electron chi connectivity index (χ1n) is 8.17. The van der Waals surface area contributed by atoms with E-state index in [1.165, 1.54) is 20.2 Å². The molecule has 0 unspecified atom stereocenters. The molecule has 8 heteroatoms.